The van der Waals surface area contributed by atoms with Gasteiger partial charge in [-0.2, -0.15) is 0 Å². The number of hydrogen-bond acceptors (Lipinski definition) is 1. The fourth-order valence-corrected chi connectivity index (χ4v) is 0.735. The molecule has 0 aliphatic heterocycles. The number of rotatable bonds is 4. The number of allylic oxidation sites excluding steroid dienone is 1. The third-order valence-corrected chi connectivity index (χ3v) is 1.23. The summed E-state index contributed by atoms with van der Waals surface area (Å²) in [4.78, 5) is 4.09. The van der Waals surface area contributed by atoms with E-state index in [-0.39, 0.29) is 0 Å². The van der Waals surface area contributed by atoms with Gasteiger partial charge in [-0.05, 0) is 18.9 Å². The fourth-order valence-electron chi connectivity index (χ4n) is 0.735. The summed E-state index contributed by atoms with van der Waals surface area (Å²) >= 11 is 0. The molecule has 0 aliphatic carbocycles. The Kier molecular flexibility index (Phi) is 4.55. The molecule has 0 heterocycles. The molecule has 0 saturated carbocycles. The van der Waals surface area contributed by atoms with Crippen molar-refractivity contribution in [1.82, 2.24) is 0 Å². The normalized spacial score (nSPS) is 11.2. The van der Waals surface area contributed by atoms with Crippen LogP contribution in [0.2, 0.25) is 0 Å². The van der Waals surface area contributed by atoms with E-state index in [9.17, 15) is 0 Å². The highest BCUT2D eigenvalue weighted by atomic mass is 14.7. The predicted molar refractivity (Wildman–Crippen MR) is 47.4 cm³/mol. The highest BCUT2D eigenvalue weighted by Crippen LogP contribution is 2.01. The average Bonchev–Trinajstić information content (AvgIpc) is 1.87. The van der Waals surface area contributed by atoms with E-state index in [1.165, 1.54) is 0 Å². The van der Waals surface area contributed by atoms with Crippen LogP contribution in [0.3, 0.4) is 0 Å². The van der Waals surface area contributed by atoms with Crippen LogP contribution < -0.4 is 0 Å². The van der Waals surface area contributed by atoms with Gasteiger partial charge in [0.05, 0.1) is 0 Å². The quantitative estimate of drug-likeness (QED) is 0.528. The van der Waals surface area contributed by atoms with Crippen LogP contribution in [0.4, 0.5) is 0 Å². The molecule has 0 aromatic rings. The average molecular weight is 137 g/mol. The van der Waals surface area contributed by atoms with Crippen molar-refractivity contribution in [2.24, 2.45) is 4.99 Å². The summed E-state index contributed by atoms with van der Waals surface area (Å²) in [7, 11) is 0. The van der Waals surface area contributed by atoms with Gasteiger partial charge in [0.1, 0.15) is 0 Å². The topological polar surface area (TPSA) is 12.4 Å². The third kappa shape index (κ3) is 3.23. The van der Waals surface area contributed by atoms with Gasteiger partial charge in [-0.15, -0.1) is 0 Å². The molecule has 10 heavy (non-hydrogen) atoms. The maximum Gasteiger partial charge on any atom is 0.0426 e. The fraction of sp³-hybridized carbons (Fsp3) is 0.444. The maximum atomic E-state index is 4.09. The van der Waals surface area contributed by atoms with Crippen molar-refractivity contribution in [3.63, 3.8) is 0 Å². The van der Waals surface area contributed by atoms with E-state index in [2.05, 4.69) is 25.1 Å². The van der Waals surface area contributed by atoms with Crippen LogP contribution >= 0.6 is 0 Å². The number of hydrogen-bond donors (Lipinski definition) is 0. The van der Waals surface area contributed by atoms with Crippen molar-refractivity contribution >= 4 is 5.71 Å². The van der Waals surface area contributed by atoms with Crippen molar-refractivity contribution in [2.45, 2.75) is 26.7 Å². The molecule has 0 aromatic carbocycles. The van der Waals surface area contributed by atoms with Gasteiger partial charge in [0.15, 0.2) is 0 Å². The van der Waals surface area contributed by atoms with Crippen LogP contribution in [-0.4, -0.2) is 5.71 Å². The number of aliphatic imine (C=N–C) groups is 1. The molecule has 0 aliphatic rings. The van der Waals surface area contributed by atoms with Crippen LogP contribution in [0.5, 0.6) is 0 Å². The molecule has 0 rings (SSSR count). The van der Waals surface area contributed by atoms with E-state index in [4.69, 9.17) is 0 Å². The van der Waals surface area contributed by atoms with Crippen molar-refractivity contribution in [3.8, 4) is 0 Å². The lowest BCUT2D eigenvalue weighted by molar-refractivity contribution is 0.990. The number of nitrogens with zero attached hydrogens (tertiary/aromatic N) is 1. The minimum atomic E-state index is 1.00. The second kappa shape index (κ2) is 4.98. The molecule has 0 unspecified atom stereocenters. The Bertz CT molecular complexity index is 154. The molecule has 0 saturated heterocycles. The largest absolute Gasteiger partial charge is 0.262 e. The highest BCUT2D eigenvalue weighted by molar-refractivity contribution is 5.99. The van der Waals surface area contributed by atoms with Crippen LogP contribution in [0.1, 0.15) is 26.7 Å². The molecule has 1 nitrogen and oxygen atoms in total. The summed E-state index contributed by atoms with van der Waals surface area (Å²) in [5.74, 6) is 0. The van der Waals surface area contributed by atoms with Crippen molar-refractivity contribution in [3.05, 3.63) is 24.9 Å². The highest BCUT2D eigenvalue weighted by Gasteiger charge is 1.95. The Morgan fingerprint density at radius 1 is 1.60 bits per heavy atom. The second-order valence-corrected chi connectivity index (χ2v) is 2.29. The first kappa shape index (κ1) is 9.15. The Morgan fingerprint density at radius 3 is 2.50 bits per heavy atom. The third-order valence-electron chi connectivity index (χ3n) is 1.23. The van der Waals surface area contributed by atoms with Gasteiger partial charge in [-0.25, -0.2) is 0 Å². The van der Waals surface area contributed by atoms with Crippen LogP contribution in [0, 0.1) is 0 Å². The van der Waals surface area contributed by atoms with Gasteiger partial charge in [0.2, 0.25) is 0 Å². The van der Waals surface area contributed by atoms with Gasteiger partial charge in [0.25, 0.3) is 0 Å². The van der Waals surface area contributed by atoms with E-state index in [1.807, 2.05) is 6.92 Å². The van der Waals surface area contributed by atoms with E-state index in [0.29, 0.717) is 0 Å². The van der Waals surface area contributed by atoms with Crippen molar-refractivity contribution < 1.29 is 0 Å². The summed E-state index contributed by atoms with van der Waals surface area (Å²) in [6.07, 6.45) is 3.68. The lowest BCUT2D eigenvalue weighted by Crippen LogP contribution is -1.96. The first-order valence-corrected chi connectivity index (χ1v) is 3.55. The molecule has 0 fully saturated rings. The van der Waals surface area contributed by atoms with E-state index >= 15 is 0 Å². The van der Waals surface area contributed by atoms with Crippen LogP contribution in [0.15, 0.2) is 29.9 Å². The molecule has 0 spiro atoms. The Morgan fingerprint density at radius 2 is 2.20 bits per heavy atom. The monoisotopic (exact) mass is 137 g/mol. The molecular weight excluding hydrogens is 122 g/mol. The molecular formula is C9H15N. The minimum absolute atomic E-state index is 1.00. The van der Waals surface area contributed by atoms with E-state index in [1.54, 1.807) is 6.20 Å². The SMILES string of the molecule is C=CN=C(CCC)C(=C)C. The molecule has 0 radical (unpaired) electrons. The smallest absolute Gasteiger partial charge is 0.0426 e. The summed E-state index contributed by atoms with van der Waals surface area (Å²) in [5.41, 5.74) is 2.11. The molecule has 56 valence electrons. The van der Waals surface area contributed by atoms with Gasteiger partial charge in [-0.3, -0.25) is 4.99 Å². The first-order chi connectivity index (χ1) is 4.72. The Hall–Kier alpha value is -0.850. The molecule has 1 heteroatoms. The molecule has 0 aromatic heterocycles. The van der Waals surface area contributed by atoms with Crippen molar-refractivity contribution in [2.75, 3.05) is 0 Å². The van der Waals surface area contributed by atoms with Gasteiger partial charge in [-0.1, -0.05) is 26.5 Å². The van der Waals surface area contributed by atoms with Crippen LogP contribution in [0.25, 0.3) is 0 Å². The summed E-state index contributed by atoms with van der Waals surface area (Å²) < 4.78 is 0. The van der Waals surface area contributed by atoms with Gasteiger partial charge < -0.3 is 0 Å². The van der Waals surface area contributed by atoms with Crippen LogP contribution in [-0.2, 0) is 0 Å². The molecule has 0 bridgehead atoms. The van der Waals surface area contributed by atoms with Gasteiger partial charge >= 0.3 is 0 Å². The zero-order chi connectivity index (χ0) is 7.98. The summed E-state index contributed by atoms with van der Waals surface area (Å²) in [6, 6.07) is 0. The predicted octanol–water partition coefficient (Wildman–Crippen LogP) is 2.95. The molecule has 0 N–H and O–H groups in total. The van der Waals surface area contributed by atoms with E-state index < -0.39 is 0 Å². The Labute approximate surface area is 63.2 Å². The zero-order valence-electron chi connectivity index (χ0n) is 6.85. The lowest BCUT2D eigenvalue weighted by atomic mass is 10.1. The lowest BCUT2D eigenvalue weighted by Gasteiger charge is -2.00. The second-order valence-electron chi connectivity index (χ2n) is 2.29. The molecule has 0 atom stereocenters. The standard InChI is InChI=1S/C9H15N/c1-5-7-9(8(3)4)10-6-2/h6H,2-3,5,7H2,1,4H3. The maximum absolute atomic E-state index is 4.09. The first-order valence-electron chi connectivity index (χ1n) is 3.55. The summed E-state index contributed by atoms with van der Waals surface area (Å²) in [6.45, 7) is 11.4. The van der Waals surface area contributed by atoms with E-state index in [0.717, 1.165) is 24.1 Å². The molecule has 0 amide bonds. The van der Waals surface area contributed by atoms with Crippen molar-refractivity contribution in [1.29, 1.82) is 0 Å². The minimum Gasteiger partial charge on any atom is -0.262 e. The summed E-state index contributed by atoms with van der Waals surface area (Å²) in [5, 5.41) is 0. The van der Waals surface area contributed by atoms with Gasteiger partial charge in [0, 0.05) is 11.9 Å². The zero-order valence-corrected chi connectivity index (χ0v) is 6.85. The Balaban J connectivity index is 4.11.